The number of thioether (sulfide) groups is 1. The van der Waals surface area contributed by atoms with E-state index in [1.807, 2.05) is 10.6 Å². The molecule has 2 rings (SSSR count). The van der Waals surface area contributed by atoms with Gasteiger partial charge in [-0.05, 0) is 13.8 Å². The summed E-state index contributed by atoms with van der Waals surface area (Å²) in [6.07, 6.45) is 1.63. The van der Waals surface area contributed by atoms with Gasteiger partial charge in [0, 0.05) is 12.1 Å². The third-order valence-electron chi connectivity index (χ3n) is 2.27. The van der Waals surface area contributed by atoms with E-state index in [2.05, 4.69) is 29.2 Å². The summed E-state index contributed by atoms with van der Waals surface area (Å²) in [4.78, 5) is 0. The van der Waals surface area contributed by atoms with Crippen molar-refractivity contribution in [3.8, 4) is 0 Å². The molecule has 0 aromatic carbocycles. The number of hydrogen-bond donors (Lipinski definition) is 1. The van der Waals surface area contributed by atoms with Crippen molar-refractivity contribution in [2.45, 2.75) is 37.3 Å². The molecule has 0 fully saturated rings. The van der Waals surface area contributed by atoms with Gasteiger partial charge in [-0.2, -0.15) is 0 Å². The first-order chi connectivity index (χ1) is 8.22. The van der Waals surface area contributed by atoms with E-state index >= 15 is 0 Å². The lowest BCUT2D eigenvalue weighted by molar-refractivity contribution is 0.395. The van der Waals surface area contributed by atoms with E-state index in [0.717, 1.165) is 16.7 Å². The van der Waals surface area contributed by atoms with Gasteiger partial charge in [-0.15, -0.1) is 10.2 Å². The molecule has 6 nitrogen and oxygen atoms in total. The first-order valence-corrected chi connectivity index (χ1v) is 6.37. The van der Waals surface area contributed by atoms with E-state index in [1.165, 1.54) is 0 Å². The van der Waals surface area contributed by atoms with Crippen molar-refractivity contribution in [3.05, 3.63) is 23.8 Å². The van der Waals surface area contributed by atoms with Crippen LogP contribution in [-0.4, -0.2) is 19.9 Å². The predicted octanol–water partition coefficient (Wildman–Crippen LogP) is 1.60. The zero-order chi connectivity index (χ0) is 12.3. The van der Waals surface area contributed by atoms with Gasteiger partial charge in [0.2, 0.25) is 0 Å². The van der Waals surface area contributed by atoms with Crippen molar-refractivity contribution in [1.29, 1.82) is 0 Å². The molecule has 0 saturated carbocycles. The topological polar surface area (TPSA) is 82.8 Å². The molecule has 2 N–H and O–H groups in total. The van der Waals surface area contributed by atoms with Crippen LogP contribution < -0.4 is 5.73 Å². The summed E-state index contributed by atoms with van der Waals surface area (Å²) in [5, 5.41) is 12.7. The van der Waals surface area contributed by atoms with Crippen LogP contribution >= 0.6 is 11.8 Å². The SMILES string of the molecule is CC(C)n1c(CN)nnc1SCc1ccno1. The molecule has 7 heteroatoms. The minimum absolute atomic E-state index is 0.292. The van der Waals surface area contributed by atoms with Gasteiger partial charge < -0.3 is 14.8 Å². The Morgan fingerprint density at radius 3 is 2.88 bits per heavy atom. The molecule has 0 bridgehead atoms. The molecule has 0 aliphatic heterocycles. The molecular formula is C10H15N5OS. The van der Waals surface area contributed by atoms with Crippen molar-refractivity contribution >= 4 is 11.8 Å². The van der Waals surface area contributed by atoms with Crippen molar-refractivity contribution in [3.63, 3.8) is 0 Å². The molecule has 0 amide bonds. The summed E-state index contributed by atoms with van der Waals surface area (Å²) in [5.74, 6) is 2.32. The van der Waals surface area contributed by atoms with Gasteiger partial charge in [0.25, 0.3) is 0 Å². The summed E-state index contributed by atoms with van der Waals surface area (Å²) in [6, 6.07) is 2.13. The third-order valence-corrected chi connectivity index (χ3v) is 3.23. The molecular weight excluding hydrogens is 238 g/mol. The van der Waals surface area contributed by atoms with Crippen LogP contribution in [0.15, 0.2) is 21.9 Å². The van der Waals surface area contributed by atoms with Crippen LogP contribution in [0.5, 0.6) is 0 Å². The molecule has 92 valence electrons. The lowest BCUT2D eigenvalue weighted by atomic mass is 10.4. The van der Waals surface area contributed by atoms with Crippen molar-refractivity contribution < 1.29 is 4.52 Å². The third kappa shape index (κ3) is 2.67. The molecule has 0 atom stereocenters. The smallest absolute Gasteiger partial charge is 0.191 e. The Bertz CT molecular complexity index is 465. The summed E-state index contributed by atoms with van der Waals surface area (Å²) in [6.45, 7) is 4.57. The summed E-state index contributed by atoms with van der Waals surface area (Å²) < 4.78 is 7.08. The van der Waals surface area contributed by atoms with Crippen molar-refractivity contribution in [2.75, 3.05) is 0 Å². The first-order valence-electron chi connectivity index (χ1n) is 5.38. The minimum atomic E-state index is 0.292. The monoisotopic (exact) mass is 253 g/mol. The fourth-order valence-electron chi connectivity index (χ4n) is 1.52. The molecule has 0 aliphatic carbocycles. The quantitative estimate of drug-likeness (QED) is 0.815. The maximum Gasteiger partial charge on any atom is 0.191 e. The zero-order valence-electron chi connectivity index (χ0n) is 9.83. The molecule has 0 radical (unpaired) electrons. The van der Waals surface area contributed by atoms with Crippen LogP contribution in [0.2, 0.25) is 0 Å². The van der Waals surface area contributed by atoms with Gasteiger partial charge in [-0.1, -0.05) is 16.9 Å². The average molecular weight is 253 g/mol. The number of rotatable bonds is 5. The Morgan fingerprint density at radius 1 is 1.47 bits per heavy atom. The lowest BCUT2D eigenvalue weighted by Crippen LogP contribution is -2.11. The van der Waals surface area contributed by atoms with E-state index in [4.69, 9.17) is 10.3 Å². The van der Waals surface area contributed by atoms with Crippen LogP contribution in [0.4, 0.5) is 0 Å². The molecule has 2 aromatic rings. The van der Waals surface area contributed by atoms with Crippen LogP contribution in [0.25, 0.3) is 0 Å². The molecule has 0 unspecified atom stereocenters. The Morgan fingerprint density at radius 2 is 2.29 bits per heavy atom. The number of hydrogen-bond acceptors (Lipinski definition) is 6. The fraction of sp³-hybridized carbons (Fsp3) is 0.500. The van der Waals surface area contributed by atoms with Gasteiger partial charge >= 0.3 is 0 Å². The maximum absolute atomic E-state index is 5.63. The van der Waals surface area contributed by atoms with Crippen LogP contribution in [0, 0.1) is 0 Å². The number of nitrogens with two attached hydrogens (primary N) is 1. The lowest BCUT2D eigenvalue weighted by Gasteiger charge is -2.12. The molecule has 0 spiro atoms. The highest BCUT2D eigenvalue weighted by molar-refractivity contribution is 7.98. The predicted molar refractivity (Wildman–Crippen MR) is 64.4 cm³/mol. The molecule has 17 heavy (non-hydrogen) atoms. The average Bonchev–Trinajstić information content (AvgIpc) is 2.95. The number of nitrogens with zero attached hydrogens (tertiary/aromatic N) is 4. The first kappa shape index (κ1) is 12.1. The largest absolute Gasteiger partial charge is 0.361 e. The summed E-state index contributed by atoms with van der Waals surface area (Å²) >= 11 is 1.57. The van der Waals surface area contributed by atoms with Crippen molar-refractivity contribution in [1.82, 2.24) is 19.9 Å². The van der Waals surface area contributed by atoms with Gasteiger partial charge in [0.05, 0.1) is 18.5 Å². The van der Waals surface area contributed by atoms with Gasteiger partial charge in [-0.25, -0.2) is 0 Å². The number of aromatic nitrogens is 4. The molecule has 0 saturated heterocycles. The molecule has 2 heterocycles. The van der Waals surface area contributed by atoms with Gasteiger partial charge in [0.1, 0.15) is 11.6 Å². The standard InChI is InChI=1S/C10H15N5OS/c1-7(2)15-9(5-11)13-14-10(15)17-6-8-3-4-12-16-8/h3-4,7H,5-6,11H2,1-2H3. The second-order valence-corrected chi connectivity index (χ2v) is 4.78. The molecule has 2 aromatic heterocycles. The Labute approximate surface area is 104 Å². The highest BCUT2D eigenvalue weighted by Crippen LogP contribution is 2.24. The highest BCUT2D eigenvalue weighted by Gasteiger charge is 2.14. The Hall–Kier alpha value is -1.34. The van der Waals surface area contributed by atoms with E-state index in [-0.39, 0.29) is 0 Å². The van der Waals surface area contributed by atoms with E-state index in [0.29, 0.717) is 18.3 Å². The second-order valence-electron chi connectivity index (χ2n) is 3.83. The van der Waals surface area contributed by atoms with Crippen LogP contribution in [0.1, 0.15) is 31.5 Å². The zero-order valence-corrected chi connectivity index (χ0v) is 10.6. The summed E-state index contributed by atoms with van der Waals surface area (Å²) in [7, 11) is 0. The maximum atomic E-state index is 5.63. The van der Waals surface area contributed by atoms with Gasteiger partial charge in [0.15, 0.2) is 5.16 Å². The van der Waals surface area contributed by atoms with Crippen LogP contribution in [0.3, 0.4) is 0 Å². The Balaban J connectivity index is 2.12. The highest BCUT2D eigenvalue weighted by atomic mass is 32.2. The molecule has 0 aliphatic rings. The normalized spacial score (nSPS) is 11.3. The van der Waals surface area contributed by atoms with E-state index < -0.39 is 0 Å². The van der Waals surface area contributed by atoms with Crippen molar-refractivity contribution in [2.24, 2.45) is 5.73 Å². The van der Waals surface area contributed by atoms with E-state index in [9.17, 15) is 0 Å². The fourth-order valence-corrected chi connectivity index (χ4v) is 2.49. The van der Waals surface area contributed by atoms with Gasteiger partial charge in [-0.3, -0.25) is 0 Å². The van der Waals surface area contributed by atoms with Crippen LogP contribution in [-0.2, 0) is 12.3 Å². The van der Waals surface area contributed by atoms with E-state index in [1.54, 1.807) is 18.0 Å². The Kier molecular flexibility index (Phi) is 3.80. The minimum Gasteiger partial charge on any atom is -0.361 e. The summed E-state index contributed by atoms with van der Waals surface area (Å²) in [5.41, 5.74) is 5.63. The second kappa shape index (κ2) is 5.33.